The second-order valence-electron chi connectivity index (χ2n) is 3.27. The Morgan fingerprint density at radius 1 is 1.12 bits per heavy atom. The van der Waals surface area contributed by atoms with Crippen LogP contribution in [0.25, 0.3) is 0 Å². The van der Waals surface area contributed by atoms with E-state index < -0.39 is 0 Å². The minimum atomic E-state index is -0.277. The summed E-state index contributed by atoms with van der Waals surface area (Å²) in [6, 6.07) is 6.63. The van der Waals surface area contributed by atoms with Gasteiger partial charge in [-0.15, -0.1) is 0 Å². The van der Waals surface area contributed by atoms with E-state index in [1.54, 1.807) is 31.3 Å². The maximum atomic E-state index is 11.3. The quantitative estimate of drug-likeness (QED) is 0.746. The Morgan fingerprint density at radius 2 is 1.65 bits per heavy atom. The van der Waals surface area contributed by atoms with E-state index >= 15 is 0 Å². The van der Waals surface area contributed by atoms with E-state index in [1.165, 1.54) is 0 Å². The maximum absolute atomic E-state index is 11.3. The van der Waals surface area contributed by atoms with Gasteiger partial charge in [0.25, 0.3) is 0 Å². The van der Waals surface area contributed by atoms with E-state index in [4.69, 9.17) is 0 Å². The molecule has 0 aromatic heterocycles. The van der Waals surface area contributed by atoms with Gasteiger partial charge in [-0.25, -0.2) is 4.79 Å². The Morgan fingerprint density at radius 3 is 2.12 bits per heavy atom. The molecule has 3 amide bonds. The average molecular weight is 300 g/mol. The van der Waals surface area contributed by atoms with Gasteiger partial charge in [0.2, 0.25) is 5.91 Å². The predicted octanol–water partition coefficient (Wildman–Crippen LogP) is 2.16. The van der Waals surface area contributed by atoms with Crippen LogP contribution in [0.5, 0.6) is 0 Å². The van der Waals surface area contributed by atoms with Crippen molar-refractivity contribution in [3.8, 4) is 0 Å². The van der Waals surface area contributed by atoms with Crippen molar-refractivity contribution >= 4 is 39.2 Å². The van der Waals surface area contributed by atoms with Crippen LogP contribution >= 0.6 is 15.9 Å². The van der Waals surface area contributed by atoms with Crippen molar-refractivity contribution in [2.24, 2.45) is 0 Å². The van der Waals surface area contributed by atoms with Crippen molar-refractivity contribution in [1.29, 1.82) is 0 Å². The lowest BCUT2D eigenvalue weighted by molar-refractivity contribution is -0.115. The zero-order chi connectivity index (χ0) is 12.7. The summed E-state index contributed by atoms with van der Waals surface area (Å²) in [4.78, 5) is 22.3. The molecule has 0 aliphatic rings. The molecule has 1 rings (SSSR count). The SMILES string of the molecule is CNC(=O)Nc1ccc(NC(=O)CCBr)cc1. The highest BCUT2D eigenvalue weighted by Crippen LogP contribution is 2.13. The van der Waals surface area contributed by atoms with Gasteiger partial charge in [0.1, 0.15) is 0 Å². The molecule has 1 aromatic rings. The molecule has 0 unspecified atom stereocenters. The topological polar surface area (TPSA) is 70.2 Å². The summed E-state index contributed by atoms with van der Waals surface area (Å²) >= 11 is 3.19. The molecule has 5 nitrogen and oxygen atoms in total. The number of nitrogens with one attached hydrogen (secondary N) is 3. The molecule has 0 aliphatic heterocycles. The minimum absolute atomic E-state index is 0.0473. The number of urea groups is 1. The van der Waals surface area contributed by atoms with Gasteiger partial charge in [-0.3, -0.25) is 4.79 Å². The zero-order valence-corrected chi connectivity index (χ0v) is 11.0. The molecule has 0 aliphatic carbocycles. The van der Waals surface area contributed by atoms with Crippen LogP contribution in [0.3, 0.4) is 0 Å². The predicted molar refractivity (Wildman–Crippen MR) is 71.6 cm³/mol. The third-order valence-electron chi connectivity index (χ3n) is 1.98. The van der Waals surface area contributed by atoms with E-state index in [0.717, 1.165) is 0 Å². The molecule has 0 bridgehead atoms. The van der Waals surface area contributed by atoms with Gasteiger partial charge in [0.05, 0.1) is 0 Å². The molecule has 0 saturated carbocycles. The second-order valence-corrected chi connectivity index (χ2v) is 4.06. The maximum Gasteiger partial charge on any atom is 0.318 e. The highest BCUT2D eigenvalue weighted by molar-refractivity contribution is 9.09. The van der Waals surface area contributed by atoms with Crippen LogP contribution in [0.4, 0.5) is 16.2 Å². The molecule has 17 heavy (non-hydrogen) atoms. The summed E-state index contributed by atoms with van der Waals surface area (Å²) in [5.74, 6) is -0.0473. The Hall–Kier alpha value is -1.56. The third kappa shape index (κ3) is 4.86. The van der Waals surface area contributed by atoms with Crippen molar-refractivity contribution in [2.75, 3.05) is 23.0 Å². The van der Waals surface area contributed by atoms with Crippen LogP contribution in [0.1, 0.15) is 6.42 Å². The van der Waals surface area contributed by atoms with Gasteiger partial charge < -0.3 is 16.0 Å². The van der Waals surface area contributed by atoms with E-state index in [9.17, 15) is 9.59 Å². The van der Waals surface area contributed by atoms with Gasteiger partial charge in [0, 0.05) is 30.2 Å². The number of alkyl halides is 1. The summed E-state index contributed by atoms with van der Waals surface area (Å²) in [7, 11) is 1.55. The summed E-state index contributed by atoms with van der Waals surface area (Å²) in [6.45, 7) is 0. The standard InChI is InChI=1S/C11H14BrN3O2/c1-13-11(17)15-9-4-2-8(3-5-9)14-10(16)6-7-12/h2-5H,6-7H2,1H3,(H,14,16)(H2,13,15,17). The van der Waals surface area contributed by atoms with Crippen molar-refractivity contribution in [2.45, 2.75) is 6.42 Å². The number of amides is 3. The van der Waals surface area contributed by atoms with Crippen molar-refractivity contribution in [3.05, 3.63) is 24.3 Å². The molecule has 0 saturated heterocycles. The summed E-state index contributed by atoms with van der Waals surface area (Å²) in [5.41, 5.74) is 1.38. The number of carbonyl (C=O) groups is 2. The van der Waals surface area contributed by atoms with Crippen molar-refractivity contribution in [1.82, 2.24) is 5.32 Å². The first-order chi connectivity index (χ1) is 8.15. The first-order valence-electron chi connectivity index (χ1n) is 5.10. The second kappa shape index (κ2) is 6.90. The Kier molecular flexibility index (Phi) is 5.48. The van der Waals surface area contributed by atoms with Gasteiger partial charge in [-0.1, -0.05) is 15.9 Å². The van der Waals surface area contributed by atoms with Crippen LogP contribution < -0.4 is 16.0 Å². The molecule has 6 heteroatoms. The fraction of sp³-hybridized carbons (Fsp3) is 0.273. The summed E-state index contributed by atoms with van der Waals surface area (Å²) < 4.78 is 0. The first kappa shape index (κ1) is 13.5. The van der Waals surface area contributed by atoms with E-state index in [-0.39, 0.29) is 11.9 Å². The molecular formula is C11H14BrN3O2. The van der Waals surface area contributed by atoms with Crippen LogP contribution in [0, 0.1) is 0 Å². The number of hydrogen-bond acceptors (Lipinski definition) is 2. The number of halogens is 1. The lowest BCUT2D eigenvalue weighted by Gasteiger charge is -2.07. The Balaban J connectivity index is 2.55. The molecule has 0 radical (unpaired) electrons. The van der Waals surface area contributed by atoms with Gasteiger partial charge in [0.15, 0.2) is 0 Å². The largest absolute Gasteiger partial charge is 0.341 e. The highest BCUT2D eigenvalue weighted by atomic mass is 79.9. The fourth-order valence-electron chi connectivity index (χ4n) is 1.14. The van der Waals surface area contributed by atoms with Crippen molar-refractivity contribution < 1.29 is 9.59 Å². The lowest BCUT2D eigenvalue weighted by atomic mass is 10.2. The average Bonchev–Trinajstić information content (AvgIpc) is 2.32. The molecule has 0 spiro atoms. The zero-order valence-electron chi connectivity index (χ0n) is 9.42. The van der Waals surface area contributed by atoms with Crippen LogP contribution in [0.15, 0.2) is 24.3 Å². The minimum Gasteiger partial charge on any atom is -0.341 e. The number of rotatable bonds is 4. The first-order valence-corrected chi connectivity index (χ1v) is 6.22. The van der Waals surface area contributed by atoms with Crippen LogP contribution in [0.2, 0.25) is 0 Å². The summed E-state index contributed by atoms with van der Waals surface area (Å²) in [6.07, 6.45) is 0.429. The number of hydrogen-bond donors (Lipinski definition) is 3. The molecule has 1 aromatic carbocycles. The molecule has 3 N–H and O–H groups in total. The molecule has 0 atom stereocenters. The smallest absolute Gasteiger partial charge is 0.318 e. The highest BCUT2D eigenvalue weighted by Gasteiger charge is 2.02. The molecule has 92 valence electrons. The van der Waals surface area contributed by atoms with E-state index in [1.807, 2.05) is 0 Å². The van der Waals surface area contributed by atoms with Gasteiger partial charge in [-0.05, 0) is 24.3 Å². The molecule has 0 fully saturated rings. The summed E-state index contributed by atoms with van der Waals surface area (Å²) in [5, 5.41) is 8.45. The number of anilines is 2. The van der Waals surface area contributed by atoms with Gasteiger partial charge in [-0.2, -0.15) is 0 Å². The van der Waals surface area contributed by atoms with E-state index in [0.29, 0.717) is 23.1 Å². The normalized spacial score (nSPS) is 9.53. The molecular weight excluding hydrogens is 286 g/mol. The monoisotopic (exact) mass is 299 g/mol. The Labute approximate surface area is 108 Å². The third-order valence-corrected chi connectivity index (χ3v) is 2.37. The number of carbonyl (C=O) groups excluding carboxylic acids is 2. The Bertz CT molecular complexity index is 392. The van der Waals surface area contributed by atoms with Crippen LogP contribution in [-0.4, -0.2) is 24.3 Å². The van der Waals surface area contributed by atoms with E-state index in [2.05, 4.69) is 31.9 Å². The van der Waals surface area contributed by atoms with Crippen LogP contribution in [-0.2, 0) is 4.79 Å². The molecule has 0 heterocycles. The fourth-order valence-corrected chi connectivity index (χ4v) is 1.50. The lowest BCUT2D eigenvalue weighted by Crippen LogP contribution is -2.24. The van der Waals surface area contributed by atoms with Crippen molar-refractivity contribution in [3.63, 3.8) is 0 Å². The van der Waals surface area contributed by atoms with Gasteiger partial charge >= 0.3 is 6.03 Å². The number of benzene rings is 1.